The van der Waals surface area contributed by atoms with Crippen molar-refractivity contribution in [3.8, 4) is 5.75 Å². The first-order valence-electron chi connectivity index (χ1n) is 8.34. The first kappa shape index (κ1) is 18.2. The van der Waals surface area contributed by atoms with Crippen molar-refractivity contribution in [1.82, 2.24) is 10.0 Å². The molecule has 5 nitrogen and oxygen atoms in total. The lowest BCUT2D eigenvalue weighted by molar-refractivity contribution is 0.188. The first-order chi connectivity index (χ1) is 10.9. The number of rotatable bonds is 7. The highest BCUT2D eigenvalue weighted by Crippen LogP contribution is 2.21. The lowest BCUT2D eigenvalue weighted by Gasteiger charge is -2.32. The number of hydrogen-bond acceptors (Lipinski definition) is 4. The Balaban J connectivity index is 1.94. The van der Waals surface area contributed by atoms with Gasteiger partial charge < -0.3 is 10.1 Å². The van der Waals surface area contributed by atoms with Crippen LogP contribution in [0.15, 0.2) is 24.3 Å². The molecule has 1 aromatic carbocycles. The molecule has 0 amide bonds. The monoisotopic (exact) mass is 340 g/mol. The van der Waals surface area contributed by atoms with E-state index in [9.17, 15) is 8.42 Å². The van der Waals surface area contributed by atoms with Crippen molar-refractivity contribution in [2.24, 2.45) is 5.92 Å². The predicted molar refractivity (Wildman–Crippen MR) is 93.4 cm³/mol. The van der Waals surface area contributed by atoms with Crippen LogP contribution in [0.1, 0.15) is 38.7 Å². The fraction of sp³-hybridized carbons (Fsp3) is 0.647. The molecule has 1 aliphatic heterocycles. The number of piperidine rings is 1. The number of hydrogen-bond donors (Lipinski definition) is 2. The quantitative estimate of drug-likeness (QED) is 0.798. The minimum absolute atomic E-state index is 0.105. The second-order valence-electron chi connectivity index (χ2n) is 6.42. The lowest BCUT2D eigenvalue weighted by Crippen LogP contribution is -2.52. The molecule has 0 bridgehead atoms. The Bertz CT molecular complexity index is 584. The van der Waals surface area contributed by atoms with Crippen LogP contribution >= 0.6 is 0 Å². The van der Waals surface area contributed by atoms with Gasteiger partial charge >= 0.3 is 0 Å². The van der Waals surface area contributed by atoms with Crippen molar-refractivity contribution in [1.29, 1.82) is 0 Å². The van der Waals surface area contributed by atoms with Crippen LogP contribution in [0.25, 0.3) is 0 Å². The summed E-state index contributed by atoms with van der Waals surface area (Å²) in [7, 11) is -3.20. The van der Waals surface area contributed by atoms with Crippen molar-refractivity contribution in [3.63, 3.8) is 0 Å². The second kappa shape index (κ2) is 8.13. The summed E-state index contributed by atoms with van der Waals surface area (Å²) >= 11 is 0. The van der Waals surface area contributed by atoms with E-state index < -0.39 is 10.0 Å². The summed E-state index contributed by atoms with van der Waals surface area (Å²) in [4.78, 5) is 0. The molecule has 0 aliphatic carbocycles. The summed E-state index contributed by atoms with van der Waals surface area (Å²) < 4.78 is 32.3. The molecule has 6 heteroatoms. The first-order valence-corrected chi connectivity index (χ1v) is 10.00. The number of nitrogens with one attached hydrogen (secondary N) is 2. The number of benzene rings is 1. The maximum atomic E-state index is 11.8. The van der Waals surface area contributed by atoms with E-state index in [4.69, 9.17) is 4.74 Å². The highest BCUT2D eigenvalue weighted by Gasteiger charge is 2.28. The third-order valence-corrected chi connectivity index (χ3v) is 5.77. The molecular formula is C17H28N2O3S. The van der Waals surface area contributed by atoms with E-state index in [0.29, 0.717) is 19.1 Å². The van der Waals surface area contributed by atoms with Gasteiger partial charge in [-0.3, -0.25) is 0 Å². The van der Waals surface area contributed by atoms with E-state index in [0.717, 1.165) is 18.7 Å². The molecule has 0 unspecified atom stereocenters. The molecule has 2 N–H and O–H groups in total. The molecule has 1 heterocycles. The Hall–Kier alpha value is -1.11. The third kappa shape index (κ3) is 5.48. The lowest BCUT2D eigenvalue weighted by atomic mass is 9.94. The van der Waals surface area contributed by atoms with E-state index in [2.05, 4.69) is 36.0 Å². The van der Waals surface area contributed by atoms with Crippen molar-refractivity contribution >= 4 is 10.0 Å². The second-order valence-corrected chi connectivity index (χ2v) is 8.46. The fourth-order valence-electron chi connectivity index (χ4n) is 2.72. The van der Waals surface area contributed by atoms with Crippen molar-refractivity contribution in [3.05, 3.63) is 29.8 Å². The molecule has 0 radical (unpaired) electrons. The molecule has 1 aromatic rings. The molecule has 1 aliphatic rings. The van der Waals surface area contributed by atoms with E-state index in [1.165, 1.54) is 5.56 Å². The zero-order valence-corrected chi connectivity index (χ0v) is 15.0. The average molecular weight is 340 g/mol. The van der Waals surface area contributed by atoms with Crippen LogP contribution in [-0.4, -0.2) is 39.9 Å². The Morgan fingerprint density at radius 1 is 1.30 bits per heavy atom. The van der Waals surface area contributed by atoms with E-state index >= 15 is 0 Å². The van der Waals surface area contributed by atoms with Crippen molar-refractivity contribution in [2.75, 3.05) is 25.4 Å². The standard InChI is InChI=1S/C17H28N2O3S/c1-4-23(20,21)19-17-11-18-10-9-15(17)12-22-16-7-5-14(6-8-16)13(2)3/h5-8,13,15,17-19H,4,9-12H2,1-3H3/t15-,17+/m1/s1. The summed E-state index contributed by atoms with van der Waals surface area (Å²) in [6.07, 6.45) is 0.904. The van der Waals surface area contributed by atoms with Crippen LogP contribution in [0.3, 0.4) is 0 Å². The summed E-state index contributed by atoms with van der Waals surface area (Å²) in [6.45, 7) is 8.05. The van der Waals surface area contributed by atoms with Crippen molar-refractivity contribution in [2.45, 2.75) is 39.2 Å². The van der Waals surface area contributed by atoms with Crippen molar-refractivity contribution < 1.29 is 13.2 Å². The third-order valence-electron chi connectivity index (χ3n) is 4.35. The Morgan fingerprint density at radius 2 is 2.00 bits per heavy atom. The van der Waals surface area contributed by atoms with Crippen LogP contribution < -0.4 is 14.8 Å². The normalized spacial score (nSPS) is 22.3. The fourth-order valence-corrected chi connectivity index (χ4v) is 3.62. The van der Waals surface area contributed by atoms with Gasteiger partial charge in [0.1, 0.15) is 5.75 Å². The zero-order chi connectivity index (χ0) is 16.9. The minimum Gasteiger partial charge on any atom is -0.493 e. The largest absolute Gasteiger partial charge is 0.493 e. The average Bonchev–Trinajstić information content (AvgIpc) is 2.54. The highest BCUT2D eigenvalue weighted by atomic mass is 32.2. The number of sulfonamides is 1. The molecule has 2 rings (SSSR count). The van der Waals surface area contributed by atoms with Crippen LogP contribution in [0, 0.1) is 5.92 Å². The molecule has 2 atom stereocenters. The van der Waals surface area contributed by atoms with Gasteiger partial charge in [0.15, 0.2) is 0 Å². The number of ether oxygens (including phenoxy) is 1. The zero-order valence-electron chi connectivity index (χ0n) is 14.2. The highest BCUT2D eigenvalue weighted by molar-refractivity contribution is 7.89. The molecule has 130 valence electrons. The van der Waals surface area contributed by atoms with Gasteiger partial charge in [-0.1, -0.05) is 26.0 Å². The van der Waals surface area contributed by atoms with Crippen LogP contribution in [0.2, 0.25) is 0 Å². The maximum absolute atomic E-state index is 11.8. The Labute approximate surface area is 139 Å². The van der Waals surface area contributed by atoms with Gasteiger partial charge in [0, 0.05) is 18.5 Å². The summed E-state index contributed by atoms with van der Waals surface area (Å²) in [5.74, 6) is 1.63. The molecule has 23 heavy (non-hydrogen) atoms. The van der Waals surface area contributed by atoms with E-state index in [-0.39, 0.29) is 17.7 Å². The smallest absolute Gasteiger partial charge is 0.211 e. The van der Waals surface area contributed by atoms with Crippen LogP contribution in [-0.2, 0) is 10.0 Å². The molecule has 1 fully saturated rings. The molecule has 0 saturated carbocycles. The maximum Gasteiger partial charge on any atom is 0.211 e. The molecule has 0 aromatic heterocycles. The Morgan fingerprint density at radius 3 is 2.61 bits per heavy atom. The van der Waals surface area contributed by atoms with Gasteiger partial charge in [-0.15, -0.1) is 0 Å². The van der Waals surface area contributed by atoms with Gasteiger partial charge in [0.25, 0.3) is 0 Å². The predicted octanol–water partition coefficient (Wildman–Crippen LogP) is 2.11. The molecule has 1 saturated heterocycles. The summed E-state index contributed by atoms with van der Waals surface area (Å²) in [5, 5.41) is 3.25. The van der Waals surface area contributed by atoms with Gasteiger partial charge in [-0.05, 0) is 43.5 Å². The van der Waals surface area contributed by atoms with E-state index in [1.807, 2.05) is 12.1 Å². The van der Waals surface area contributed by atoms with Crippen LogP contribution in [0.5, 0.6) is 5.75 Å². The molecule has 0 spiro atoms. The molecular weight excluding hydrogens is 312 g/mol. The van der Waals surface area contributed by atoms with Gasteiger partial charge in [-0.2, -0.15) is 0 Å². The topological polar surface area (TPSA) is 67.4 Å². The minimum atomic E-state index is -3.20. The van der Waals surface area contributed by atoms with E-state index in [1.54, 1.807) is 6.92 Å². The Kier molecular flexibility index (Phi) is 6.44. The van der Waals surface area contributed by atoms with Crippen LogP contribution in [0.4, 0.5) is 0 Å². The summed E-state index contributed by atoms with van der Waals surface area (Å²) in [5.41, 5.74) is 1.28. The van der Waals surface area contributed by atoms with Gasteiger partial charge in [0.2, 0.25) is 10.0 Å². The van der Waals surface area contributed by atoms with Gasteiger partial charge in [-0.25, -0.2) is 13.1 Å². The summed E-state index contributed by atoms with van der Waals surface area (Å²) in [6, 6.07) is 8.03. The SMILES string of the molecule is CCS(=O)(=O)N[C@H]1CNCC[C@@H]1COc1ccc(C(C)C)cc1. The van der Waals surface area contributed by atoms with Gasteiger partial charge in [0.05, 0.1) is 12.4 Å².